The van der Waals surface area contributed by atoms with Crippen molar-refractivity contribution < 1.29 is 19.1 Å². The number of benzene rings is 2. The van der Waals surface area contributed by atoms with Crippen molar-refractivity contribution in [1.82, 2.24) is 0 Å². The van der Waals surface area contributed by atoms with E-state index < -0.39 is 5.97 Å². The largest absolute Gasteiger partial charge is 0.484 e. The molecule has 22 heavy (non-hydrogen) atoms. The second-order valence-corrected chi connectivity index (χ2v) is 5.19. The summed E-state index contributed by atoms with van der Waals surface area (Å²) in [7, 11) is 1.32. The molecule has 0 spiro atoms. The summed E-state index contributed by atoms with van der Waals surface area (Å²) in [6.45, 7) is -0.126. The van der Waals surface area contributed by atoms with E-state index in [0.29, 0.717) is 17.0 Å². The SMILES string of the molecule is COC(=O)c1ccc(OCC(=O)Nc2ccccc2Br)cc1. The summed E-state index contributed by atoms with van der Waals surface area (Å²) in [5.41, 5.74) is 1.10. The molecule has 2 rings (SSSR count). The molecule has 0 fully saturated rings. The van der Waals surface area contributed by atoms with Crippen molar-refractivity contribution >= 4 is 33.5 Å². The van der Waals surface area contributed by atoms with Gasteiger partial charge in [0.25, 0.3) is 5.91 Å². The van der Waals surface area contributed by atoms with Gasteiger partial charge in [0.2, 0.25) is 0 Å². The Hall–Kier alpha value is -2.34. The summed E-state index contributed by atoms with van der Waals surface area (Å²) in [6.07, 6.45) is 0. The van der Waals surface area contributed by atoms with Crippen LogP contribution in [-0.2, 0) is 9.53 Å². The molecule has 0 unspecified atom stereocenters. The summed E-state index contributed by atoms with van der Waals surface area (Å²) in [5.74, 6) is -0.197. The van der Waals surface area contributed by atoms with Crippen molar-refractivity contribution in [3.63, 3.8) is 0 Å². The number of rotatable bonds is 5. The molecule has 2 aromatic rings. The lowest BCUT2D eigenvalue weighted by atomic mass is 10.2. The quantitative estimate of drug-likeness (QED) is 0.828. The van der Waals surface area contributed by atoms with Gasteiger partial charge < -0.3 is 14.8 Å². The van der Waals surface area contributed by atoms with Gasteiger partial charge in [0.15, 0.2) is 6.61 Å². The molecule has 2 aromatic carbocycles. The first-order valence-corrected chi connectivity index (χ1v) is 7.25. The van der Waals surface area contributed by atoms with Crippen LogP contribution in [-0.4, -0.2) is 25.6 Å². The van der Waals surface area contributed by atoms with Gasteiger partial charge >= 0.3 is 5.97 Å². The molecule has 0 radical (unpaired) electrons. The Balaban J connectivity index is 1.89. The number of amides is 1. The van der Waals surface area contributed by atoms with E-state index in [2.05, 4.69) is 26.0 Å². The number of carbonyl (C=O) groups is 2. The maximum absolute atomic E-state index is 11.8. The number of halogens is 1. The number of methoxy groups -OCH3 is 1. The Morgan fingerprint density at radius 2 is 1.77 bits per heavy atom. The molecule has 0 aliphatic rings. The van der Waals surface area contributed by atoms with E-state index in [9.17, 15) is 9.59 Å². The zero-order valence-corrected chi connectivity index (χ0v) is 13.4. The van der Waals surface area contributed by atoms with Crippen molar-refractivity contribution in [2.24, 2.45) is 0 Å². The lowest BCUT2D eigenvalue weighted by Gasteiger charge is -2.09. The highest BCUT2D eigenvalue weighted by Crippen LogP contribution is 2.21. The number of hydrogen-bond acceptors (Lipinski definition) is 4. The Kier molecular flexibility index (Phi) is 5.55. The highest BCUT2D eigenvalue weighted by Gasteiger charge is 2.07. The third-order valence-electron chi connectivity index (χ3n) is 2.79. The molecule has 0 saturated carbocycles. The van der Waals surface area contributed by atoms with E-state index in [-0.39, 0.29) is 12.5 Å². The fourth-order valence-corrected chi connectivity index (χ4v) is 2.09. The predicted molar refractivity (Wildman–Crippen MR) is 86.0 cm³/mol. The van der Waals surface area contributed by atoms with E-state index in [1.54, 1.807) is 30.3 Å². The first-order chi connectivity index (χ1) is 10.6. The van der Waals surface area contributed by atoms with Gasteiger partial charge in [0, 0.05) is 4.47 Å². The summed E-state index contributed by atoms with van der Waals surface area (Å²) >= 11 is 3.35. The van der Waals surface area contributed by atoms with Gasteiger partial charge in [0.1, 0.15) is 5.75 Å². The van der Waals surface area contributed by atoms with Crippen molar-refractivity contribution in [1.29, 1.82) is 0 Å². The molecule has 114 valence electrons. The van der Waals surface area contributed by atoms with Crippen LogP contribution in [0, 0.1) is 0 Å². The van der Waals surface area contributed by atoms with Crippen LogP contribution in [0.25, 0.3) is 0 Å². The van der Waals surface area contributed by atoms with Crippen molar-refractivity contribution in [3.05, 3.63) is 58.6 Å². The standard InChI is InChI=1S/C16H14BrNO4/c1-21-16(20)11-6-8-12(9-7-11)22-10-15(19)18-14-5-3-2-4-13(14)17/h2-9H,10H2,1H3,(H,18,19). The molecule has 0 aliphatic heterocycles. The van der Waals surface area contributed by atoms with E-state index in [1.165, 1.54) is 7.11 Å². The Labute approximate surface area is 136 Å². The van der Waals surface area contributed by atoms with Gasteiger partial charge in [0.05, 0.1) is 18.4 Å². The molecule has 0 heterocycles. The second kappa shape index (κ2) is 7.61. The number of anilines is 1. The molecule has 0 bridgehead atoms. The van der Waals surface area contributed by atoms with Gasteiger partial charge in [-0.05, 0) is 52.3 Å². The summed E-state index contributed by atoms with van der Waals surface area (Å²) in [4.78, 5) is 23.1. The second-order valence-electron chi connectivity index (χ2n) is 4.33. The monoisotopic (exact) mass is 363 g/mol. The van der Waals surface area contributed by atoms with Gasteiger partial charge in [-0.1, -0.05) is 12.1 Å². The molecule has 1 amide bonds. The molecule has 0 aromatic heterocycles. The Morgan fingerprint density at radius 1 is 1.09 bits per heavy atom. The molecular weight excluding hydrogens is 350 g/mol. The third-order valence-corrected chi connectivity index (χ3v) is 3.48. The zero-order chi connectivity index (χ0) is 15.9. The summed E-state index contributed by atoms with van der Waals surface area (Å²) in [5, 5.41) is 2.73. The maximum Gasteiger partial charge on any atom is 0.337 e. The van der Waals surface area contributed by atoms with Crippen LogP contribution >= 0.6 is 15.9 Å². The van der Waals surface area contributed by atoms with Crippen molar-refractivity contribution in [3.8, 4) is 5.75 Å². The lowest BCUT2D eigenvalue weighted by molar-refractivity contribution is -0.118. The molecule has 0 atom stereocenters. The fraction of sp³-hybridized carbons (Fsp3) is 0.125. The third kappa shape index (κ3) is 4.33. The van der Waals surface area contributed by atoms with Crippen LogP contribution < -0.4 is 10.1 Å². The lowest BCUT2D eigenvalue weighted by Crippen LogP contribution is -2.20. The molecule has 1 N–H and O–H groups in total. The summed E-state index contributed by atoms with van der Waals surface area (Å²) in [6, 6.07) is 13.7. The van der Waals surface area contributed by atoms with E-state index in [1.807, 2.05) is 18.2 Å². The van der Waals surface area contributed by atoms with Crippen molar-refractivity contribution in [2.45, 2.75) is 0 Å². The average Bonchev–Trinajstić information content (AvgIpc) is 2.55. The van der Waals surface area contributed by atoms with Gasteiger partial charge in [-0.2, -0.15) is 0 Å². The zero-order valence-electron chi connectivity index (χ0n) is 11.8. The van der Waals surface area contributed by atoms with Crippen LogP contribution in [0.4, 0.5) is 5.69 Å². The van der Waals surface area contributed by atoms with E-state index >= 15 is 0 Å². The number of ether oxygens (including phenoxy) is 2. The highest BCUT2D eigenvalue weighted by molar-refractivity contribution is 9.10. The van der Waals surface area contributed by atoms with Gasteiger partial charge in [-0.3, -0.25) is 4.79 Å². The normalized spacial score (nSPS) is 9.91. The number of esters is 1. The van der Waals surface area contributed by atoms with Crippen LogP contribution in [0.5, 0.6) is 5.75 Å². The molecule has 6 heteroatoms. The minimum Gasteiger partial charge on any atom is -0.484 e. The predicted octanol–water partition coefficient (Wildman–Crippen LogP) is 3.25. The van der Waals surface area contributed by atoms with Gasteiger partial charge in [-0.15, -0.1) is 0 Å². The fourth-order valence-electron chi connectivity index (χ4n) is 1.70. The Bertz CT molecular complexity index is 670. The minimum atomic E-state index is -0.418. The molecule has 0 aliphatic carbocycles. The first-order valence-electron chi connectivity index (χ1n) is 6.45. The van der Waals surface area contributed by atoms with E-state index in [4.69, 9.17) is 4.74 Å². The number of carbonyl (C=O) groups excluding carboxylic acids is 2. The number of nitrogens with one attached hydrogen (secondary N) is 1. The maximum atomic E-state index is 11.8. The number of para-hydroxylation sites is 1. The molecular formula is C16H14BrNO4. The molecule has 5 nitrogen and oxygen atoms in total. The molecule has 0 saturated heterocycles. The van der Waals surface area contributed by atoms with Crippen LogP contribution in [0.1, 0.15) is 10.4 Å². The number of hydrogen-bond donors (Lipinski definition) is 1. The topological polar surface area (TPSA) is 64.6 Å². The summed E-state index contributed by atoms with van der Waals surface area (Å²) < 4.78 is 10.8. The first kappa shape index (κ1) is 16.0. The smallest absolute Gasteiger partial charge is 0.337 e. The van der Waals surface area contributed by atoms with E-state index in [0.717, 1.165) is 4.47 Å². The Morgan fingerprint density at radius 3 is 2.41 bits per heavy atom. The van der Waals surface area contributed by atoms with Crippen LogP contribution in [0.15, 0.2) is 53.0 Å². The highest BCUT2D eigenvalue weighted by atomic mass is 79.9. The van der Waals surface area contributed by atoms with Crippen molar-refractivity contribution in [2.75, 3.05) is 19.0 Å². The van der Waals surface area contributed by atoms with Gasteiger partial charge in [-0.25, -0.2) is 4.79 Å². The minimum absolute atomic E-state index is 0.126. The van der Waals surface area contributed by atoms with Crippen LogP contribution in [0.3, 0.4) is 0 Å². The average molecular weight is 364 g/mol. The van der Waals surface area contributed by atoms with Crippen LogP contribution in [0.2, 0.25) is 0 Å².